The summed E-state index contributed by atoms with van der Waals surface area (Å²) in [5.74, 6) is -2.01. The molecule has 1 aromatic rings. The summed E-state index contributed by atoms with van der Waals surface area (Å²) < 4.78 is 31.6. The van der Waals surface area contributed by atoms with Crippen LogP contribution in [0.4, 0.5) is 8.78 Å². The van der Waals surface area contributed by atoms with Crippen LogP contribution in [0.5, 0.6) is 0 Å². The third kappa shape index (κ3) is 2.62. The highest BCUT2D eigenvalue weighted by Gasteiger charge is 2.17. The average molecular weight is 229 g/mol. The molecule has 0 aromatic heterocycles. The molecule has 0 saturated heterocycles. The van der Waals surface area contributed by atoms with E-state index in [2.05, 4.69) is 4.74 Å². The summed E-state index contributed by atoms with van der Waals surface area (Å²) in [4.78, 5) is 11.5. The second-order valence-electron chi connectivity index (χ2n) is 3.28. The number of ether oxygens (including phenoxy) is 1. The zero-order valence-electron chi connectivity index (χ0n) is 8.93. The summed E-state index contributed by atoms with van der Waals surface area (Å²) in [6.45, 7) is -0.0727. The fourth-order valence-corrected chi connectivity index (χ4v) is 1.36. The van der Waals surface area contributed by atoms with Gasteiger partial charge in [0, 0.05) is 19.1 Å². The van der Waals surface area contributed by atoms with E-state index in [1.165, 1.54) is 7.11 Å². The Labute approximate surface area is 92.2 Å². The molecule has 2 N–H and O–H groups in total. The number of methoxy groups -OCH3 is 1. The van der Waals surface area contributed by atoms with Crippen molar-refractivity contribution < 1.29 is 18.3 Å². The van der Waals surface area contributed by atoms with Crippen LogP contribution in [0.2, 0.25) is 0 Å². The predicted octanol–water partition coefficient (Wildman–Crippen LogP) is 1.64. The van der Waals surface area contributed by atoms with Crippen LogP contribution < -0.4 is 5.73 Å². The van der Waals surface area contributed by atoms with Crippen molar-refractivity contribution in [3.8, 4) is 0 Å². The van der Waals surface area contributed by atoms with Gasteiger partial charge >= 0.3 is 0 Å². The van der Waals surface area contributed by atoms with E-state index in [9.17, 15) is 13.6 Å². The summed E-state index contributed by atoms with van der Waals surface area (Å²) in [5.41, 5.74) is 4.83. The second-order valence-corrected chi connectivity index (χ2v) is 3.28. The number of rotatable bonds is 5. The maximum Gasteiger partial charge on any atom is 0.167 e. The van der Waals surface area contributed by atoms with Crippen LogP contribution in [0.1, 0.15) is 22.3 Å². The molecule has 0 radical (unpaired) electrons. The fourth-order valence-electron chi connectivity index (χ4n) is 1.36. The van der Waals surface area contributed by atoms with Crippen molar-refractivity contribution in [1.29, 1.82) is 0 Å². The van der Waals surface area contributed by atoms with Gasteiger partial charge in [0.1, 0.15) is 11.6 Å². The van der Waals surface area contributed by atoms with Gasteiger partial charge < -0.3 is 10.5 Å². The van der Waals surface area contributed by atoms with Crippen LogP contribution in [-0.2, 0) is 11.3 Å². The van der Waals surface area contributed by atoms with Gasteiger partial charge in [-0.2, -0.15) is 0 Å². The standard InChI is InChI=1S/C11H13F2NO2/c1-16-6-8-9(12)3-2-7(11(8)13)10(15)4-5-14/h2-3H,4-6,14H2,1H3. The summed E-state index contributed by atoms with van der Waals surface area (Å²) in [6.07, 6.45) is 0.0367. The molecule has 0 aliphatic heterocycles. The number of carbonyl (C=O) groups is 1. The predicted molar refractivity (Wildman–Crippen MR) is 55.1 cm³/mol. The molecule has 0 atom stereocenters. The molecule has 3 nitrogen and oxygen atoms in total. The molecular formula is C11H13F2NO2. The molecule has 0 heterocycles. The first-order chi connectivity index (χ1) is 7.61. The van der Waals surface area contributed by atoms with Crippen LogP contribution in [0.3, 0.4) is 0 Å². The number of nitrogens with two attached hydrogens (primary N) is 1. The first-order valence-electron chi connectivity index (χ1n) is 4.81. The Bertz CT molecular complexity index is 394. The normalized spacial score (nSPS) is 10.5. The zero-order valence-corrected chi connectivity index (χ0v) is 8.93. The Morgan fingerprint density at radius 1 is 1.44 bits per heavy atom. The van der Waals surface area contributed by atoms with E-state index in [0.717, 1.165) is 12.1 Å². The number of ketones is 1. The molecule has 0 fully saturated rings. The third-order valence-corrected chi connectivity index (χ3v) is 2.15. The lowest BCUT2D eigenvalue weighted by molar-refractivity contribution is 0.0980. The minimum atomic E-state index is -0.861. The van der Waals surface area contributed by atoms with Gasteiger partial charge in [-0.05, 0) is 18.7 Å². The van der Waals surface area contributed by atoms with Crippen molar-refractivity contribution in [2.75, 3.05) is 13.7 Å². The number of Topliss-reactive ketones (excluding diaryl/α,β-unsaturated/α-hetero) is 1. The number of hydrogen-bond donors (Lipinski definition) is 1. The Hall–Kier alpha value is -1.33. The molecule has 0 aliphatic carbocycles. The molecular weight excluding hydrogens is 216 g/mol. The smallest absolute Gasteiger partial charge is 0.167 e. The second kappa shape index (κ2) is 5.67. The molecule has 0 amide bonds. The molecule has 1 rings (SSSR count). The van der Waals surface area contributed by atoms with E-state index in [-0.39, 0.29) is 30.7 Å². The Balaban J connectivity index is 3.12. The van der Waals surface area contributed by atoms with E-state index in [0.29, 0.717) is 0 Å². The largest absolute Gasteiger partial charge is 0.380 e. The van der Waals surface area contributed by atoms with Crippen molar-refractivity contribution in [1.82, 2.24) is 0 Å². The SMILES string of the molecule is COCc1c(F)ccc(C(=O)CCN)c1F. The summed E-state index contributed by atoms with van der Waals surface area (Å²) in [7, 11) is 1.33. The van der Waals surface area contributed by atoms with Crippen molar-refractivity contribution >= 4 is 5.78 Å². The maximum atomic E-state index is 13.7. The molecule has 0 unspecified atom stereocenters. The monoisotopic (exact) mass is 229 g/mol. The van der Waals surface area contributed by atoms with Crippen molar-refractivity contribution in [3.63, 3.8) is 0 Å². The van der Waals surface area contributed by atoms with Gasteiger partial charge in [0.2, 0.25) is 0 Å². The van der Waals surface area contributed by atoms with E-state index >= 15 is 0 Å². The molecule has 0 saturated carbocycles. The first-order valence-corrected chi connectivity index (χ1v) is 4.81. The number of benzene rings is 1. The Morgan fingerprint density at radius 3 is 2.69 bits per heavy atom. The lowest BCUT2D eigenvalue weighted by Crippen LogP contribution is -2.12. The van der Waals surface area contributed by atoms with Crippen LogP contribution in [0.15, 0.2) is 12.1 Å². The highest BCUT2D eigenvalue weighted by Crippen LogP contribution is 2.18. The van der Waals surface area contributed by atoms with Crippen LogP contribution in [-0.4, -0.2) is 19.4 Å². The molecule has 16 heavy (non-hydrogen) atoms. The van der Waals surface area contributed by atoms with Crippen LogP contribution in [0.25, 0.3) is 0 Å². The maximum absolute atomic E-state index is 13.7. The molecule has 5 heteroatoms. The number of carbonyl (C=O) groups excluding carboxylic acids is 1. The lowest BCUT2D eigenvalue weighted by atomic mass is 10.0. The van der Waals surface area contributed by atoms with Crippen molar-refractivity contribution in [2.24, 2.45) is 5.73 Å². The molecule has 1 aromatic carbocycles. The molecule has 0 bridgehead atoms. The topological polar surface area (TPSA) is 52.3 Å². The van der Waals surface area contributed by atoms with Gasteiger partial charge in [-0.15, -0.1) is 0 Å². The summed E-state index contributed by atoms with van der Waals surface area (Å²) in [6, 6.07) is 2.18. The quantitative estimate of drug-likeness (QED) is 0.781. The van der Waals surface area contributed by atoms with E-state index in [1.807, 2.05) is 0 Å². The van der Waals surface area contributed by atoms with Crippen molar-refractivity contribution in [3.05, 3.63) is 34.9 Å². The number of hydrogen-bond acceptors (Lipinski definition) is 3. The summed E-state index contributed by atoms with van der Waals surface area (Å²) in [5, 5.41) is 0. The molecule has 0 aliphatic rings. The molecule has 0 spiro atoms. The van der Waals surface area contributed by atoms with Gasteiger partial charge in [-0.25, -0.2) is 8.78 Å². The van der Waals surface area contributed by atoms with E-state index in [4.69, 9.17) is 5.73 Å². The number of halogens is 2. The zero-order chi connectivity index (χ0) is 12.1. The van der Waals surface area contributed by atoms with Gasteiger partial charge in [0.15, 0.2) is 5.78 Å². The van der Waals surface area contributed by atoms with E-state index in [1.54, 1.807) is 0 Å². The highest BCUT2D eigenvalue weighted by atomic mass is 19.1. The molecule has 88 valence electrons. The summed E-state index contributed by atoms with van der Waals surface area (Å²) >= 11 is 0. The minimum Gasteiger partial charge on any atom is -0.380 e. The van der Waals surface area contributed by atoms with Crippen LogP contribution >= 0.6 is 0 Å². The Kier molecular flexibility index (Phi) is 4.52. The minimum absolute atomic E-state index is 0.0367. The van der Waals surface area contributed by atoms with Gasteiger partial charge in [-0.1, -0.05) is 0 Å². The highest BCUT2D eigenvalue weighted by molar-refractivity contribution is 5.96. The third-order valence-electron chi connectivity index (χ3n) is 2.15. The fraction of sp³-hybridized carbons (Fsp3) is 0.364. The average Bonchev–Trinajstić information content (AvgIpc) is 2.24. The van der Waals surface area contributed by atoms with Gasteiger partial charge in [0.05, 0.1) is 12.2 Å². The van der Waals surface area contributed by atoms with Gasteiger partial charge in [-0.3, -0.25) is 4.79 Å². The van der Waals surface area contributed by atoms with Crippen LogP contribution in [0, 0.1) is 11.6 Å². The lowest BCUT2D eigenvalue weighted by Gasteiger charge is -2.07. The Morgan fingerprint density at radius 2 is 2.12 bits per heavy atom. The van der Waals surface area contributed by atoms with Crippen molar-refractivity contribution in [2.45, 2.75) is 13.0 Å². The first kappa shape index (κ1) is 12.7. The van der Waals surface area contributed by atoms with E-state index < -0.39 is 17.4 Å². The van der Waals surface area contributed by atoms with Gasteiger partial charge in [0.25, 0.3) is 0 Å².